The van der Waals surface area contributed by atoms with E-state index in [1.165, 1.54) is 0 Å². The summed E-state index contributed by atoms with van der Waals surface area (Å²) in [6, 6.07) is 7.18. The molecule has 0 saturated carbocycles. The molecule has 20 heavy (non-hydrogen) atoms. The molecule has 0 fully saturated rings. The van der Waals surface area contributed by atoms with Gasteiger partial charge in [-0.2, -0.15) is 0 Å². The lowest BCUT2D eigenvalue weighted by atomic mass is 10.1. The Kier molecular flexibility index (Phi) is 5.70. The highest BCUT2D eigenvalue weighted by Gasteiger charge is 2.13. The highest BCUT2D eigenvalue weighted by Crippen LogP contribution is 2.07. The molecule has 5 heteroatoms. The Bertz CT molecular complexity index is 478. The van der Waals surface area contributed by atoms with Gasteiger partial charge in [-0.15, -0.1) is 0 Å². The first-order chi connectivity index (χ1) is 9.29. The number of benzene rings is 1. The van der Waals surface area contributed by atoms with E-state index in [1.54, 1.807) is 12.1 Å². The quantitative estimate of drug-likeness (QED) is 0.683. The Morgan fingerprint density at radius 2 is 1.85 bits per heavy atom. The summed E-state index contributed by atoms with van der Waals surface area (Å²) in [6.07, 6.45) is 0.399. The standard InChI is InChI=1S/C15H23N3O2/c1-15(2,3)18-13(19)8-9-17-10-11-6-4-5-7-12(11)14(16)20/h4-7,17H,8-10H2,1-3H3,(H2,16,20)(H,18,19). The van der Waals surface area contributed by atoms with Crippen LogP contribution in [0.3, 0.4) is 0 Å². The lowest BCUT2D eigenvalue weighted by molar-refractivity contribution is -0.122. The zero-order valence-corrected chi connectivity index (χ0v) is 12.3. The maximum Gasteiger partial charge on any atom is 0.249 e. The molecule has 0 heterocycles. The van der Waals surface area contributed by atoms with Crippen LogP contribution in [-0.2, 0) is 11.3 Å². The van der Waals surface area contributed by atoms with Crippen LogP contribution in [0.25, 0.3) is 0 Å². The van der Waals surface area contributed by atoms with Gasteiger partial charge in [0.05, 0.1) is 0 Å². The molecule has 0 saturated heterocycles. The summed E-state index contributed by atoms with van der Waals surface area (Å²) < 4.78 is 0. The van der Waals surface area contributed by atoms with Crippen molar-refractivity contribution in [1.82, 2.24) is 10.6 Å². The molecule has 0 spiro atoms. The molecule has 1 rings (SSSR count). The van der Waals surface area contributed by atoms with Gasteiger partial charge in [0.1, 0.15) is 0 Å². The van der Waals surface area contributed by atoms with E-state index in [2.05, 4.69) is 10.6 Å². The molecule has 4 N–H and O–H groups in total. The summed E-state index contributed by atoms with van der Waals surface area (Å²) in [4.78, 5) is 22.9. The number of carbonyl (C=O) groups is 2. The monoisotopic (exact) mass is 277 g/mol. The van der Waals surface area contributed by atoms with Crippen molar-refractivity contribution in [3.63, 3.8) is 0 Å². The molecule has 0 bridgehead atoms. The molecule has 0 atom stereocenters. The summed E-state index contributed by atoms with van der Waals surface area (Å²) in [5.74, 6) is -0.430. The fourth-order valence-electron chi connectivity index (χ4n) is 1.82. The minimum atomic E-state index is -0.437. The van der Waals surface area contributed by atoms with Crippen LogP contribution >= 0.6 is 0 Å². The average Bonchev–Trinajstić information content (AvgIpc) is 2.33. The van der Waals surface area contributed by atoms with E-state index in [1.807, 2.05) is 32.9 Å². The number of nitrogens with one attached hydrogen (secondary N) is 2. The van der Waals surface area contributed by atoms with Crippen molar-refractivity contribution in [3.05, 3.63) is 35.4 Å². The van der Waals surface area contributed by atoms with Crippen molar-refractivity contribution < 1.29 is 9.59 Å². The van der Waals surface area contributed by atoms with Crippen LogP contribution in [0.15, 0.2) is 24.3 Å². The number of carbonyl (C=O) groups excluding carboxylic acids is 2. The summed E-state index contributed by atoms with van der Waals surface area (Å²) in [5.41, 5.74) is 6.45. The molecule has 1 aromatic carbocycles. The molecule has 0 aromatic heterocycles. The minimum absolute atomic E-state index is 0.00758. The fourth-order valence-corrected chi connectivity index (χ4v) is 1.82. The van der Waals surface area contributed by atoms with Gasteiger partial charge in [0.25, 0.3) is 0 Å². The molecule has 0 aliphatic rings. The number of hydrogen-bond acceptors (Lipinski definition) is 3. The summed E-state index contributed by atoms with van der Waals surface area (Å²) in [6.45, 7) is 6.90. The van der Waals surface area contributed by atoms with Crippen LogP contribution < -0.4 is 16.4 Å². The number of amides is 2. The number of primary amides is 1. The van der Waals surface area contributed by atoms with Crippen molar-refractivity contribution in [3.8, 4) is 0 Å². The highest BCUT2D eigenvalue weighted by atomic mass is 16.2. The third kappa shape index (κ3) is 5.84. The zero-order chi connectivity index (χ0) is 15.2. The van der Waals surface area contributed by atoms with E-state index in [4.69, 9.17) is 5.73 Å². The Morgan fingerprint density at radius 1 is 1.20 bits per heavy atom. The molecule has 0 radical (unpaired) electrons. The van der Waals surface area contributed by atoms with Gasteiger partial charge in [0.15, 0.2) is 0 Å². The average molecular weight is 277 g/mol. The van der Waals surface area contributed by atoms with Crippen LogP contribution in [0.2, 0.25) is 0 Å². The lowest BCUT2D eigenvalue weighted by Gasteiger charge is -2.20. The van der Waals surface area contributed by atoms with Crippen molar-refractivity contribution in [2.45, 2.75) is 39.3 Å². The second-order valence-corrected chi connectivity index (χ2v) is 5.75. The molecule has 0 aliphatic carbocycles. The normalized spacial score (nSPS) is 11.2. The Morgan fingerprint density at radius 3 is 2.45 bits per heavy atom. The van der Waals surface area contributed by atoms with Crippen LogP contribution in [-0.4, -0.2) is 23.9 Å². The molecule has 0 aliphatic heterocycles. The minimum Gasteiger partial charge on any atom is -0.366 e. The second kappa shape index (κ2) is 7.05. The number of nitrogens with two attached hydrogens (primary N) is 1. The summed E-state index contributed by atoms with van der Waals surface area (Å²) >= 11 is 0. The number of rotatable bonds is 6. The predicted molar refractivity (Wildman–Crippen MR) is 79.2 cm³/mol. The lowest BCUT2D eigenvalue weighted by Crippen LogP contribution is -2.41. The van der Waals surface area contributed by atoms with Gasteiger partial charge in [-0.1, -0.05) is 18.2 Å². The van der Waals surface area contributed by atoms with E-state index in [0.29, 0.717) is 25.1 Å². The molecule has 1 aromatic rings. The third-order valence-electron chi connectivity index (χ3n) is 2.64. The topological polar surface area (TPSA) is 84.2 Å². The second-order valence-electron chi connectivity index (χ2n) is 5.75. The van der Waals surface area contributed by atoms with Gasteiger partial charge in [0, 0.05) is 30.6 Å². The van der Waals surface area contributed by atoms with Gasteiger partial charge < -0.3 is 16.4 Å². The first-order valence-electron chi connectivity index (χ1n) is 6.69. The molecule has 2 amide bonds. The Balaban J connectivity index is 2.39. The van der Waals surface area contributed by atoms with E-state index in [-0.39, 0.29) is 11.4 Å². The summed E-state index contributed by atoms with van der Waals surface area (Å²) in [5, 5.41) is 6.04. The summed E-state index contributed by atoms with van der Waals surface area (Å²) in [7, 11) is 0. The maximum atomic E-state index is 11.6. The van der Waals surface area contributed by atoms with Crippen LogP contribution in [0.4, 0.5) is 0 Å². The van der Waals surface area contributed by atoms with Gasteiger partial charge in [-0.3, -0.25) is 9.59 Å². The van der Waals surface area contributed by atoms with Crippen molar-refractivity contribution >= 4 is 11.8 Å². The molecule has 110 valence electrons. The van der Waals surface area contributed by atoms with Gasteiger partial charge in [0.2, 0.25) is 11.8 Å². The molecule has 5 nitrogen and oxygen atoms in total. The van der Waals surface area contributed by atoms with Gasteiger partial charge in [-0.25, -0.2) is 0 Å². The largest absolute Gasteiger partial charge is 0.366 e. The Hall–Kier alpha value is -1.88. The maximum absolute atomic E-state index is 11.6. The molecule has 0 unspecified atom stereocenters. The Labute approximate surface area is 119 Å². The van der Waals surface area contributed by atoms with Crippen LogP contribution in [0.5, 0.6) is 0 Å². The van der Waals surface area contributed by atoms with Crippen molar-refractivity contribution in [2.24, 2.45) is 5.73 Å². The van der Waals surface area contributed by atoms with E-state index >= 15 is 0 Å². The SMILES string of the molecule is CC(C)(C)NC(=O)CCNCc1ccccc1C(N)=O. The number of hydrogen-bond donors (Lipinski definition) is 3. The van der Waals surface area contributed by atoms with Crippen LogP contribution in [0.1, 0.15) is 43.1 Å². The predicted octanol–water partition coefficient (Wildman–Crippen LogP) is 1.18. The highest BCUT2D eigenvalue weighted by molar-refractivity contribution is 5.94. The molecular weight excluding hydrogens is 254 g/mol. The van der Waals surface area contributed by atoms with E-state index in [0.717, 1.165) is 5.56 Å². The third-order valence-corrected chi connectivity index (χ3v) is 2.64. The fraction of sp³-hybridized carbons (Fsp3) is 0.467. The van der Waals surface area contributed by atoms with Crippen molar-refractivity contribution in [1.29, 1.82) is 0 Å². The first kappa shape index (κ1) is 16.2. The first-order valence-corrected chi connectivity index (χ1v) is 6.69. The van der Waals surface area contributed by atoms with Gasteiger partial charge >= 0.3 is 0 Å². The van der Waals surface area contributed by atoms with E-state index < -0.39 is 5.91 Å². The van der Waals surface area contributed by atoms with E-state index in [9.17, 15) is 9.59 Å². The van der Waals surface area contributed by atoms with Crippen LogP contribution in [0, 0.1) is 0 Å². The zero-order valence-electron chi connectivity index (χ0n) is 12.3. The molecular formula is C15H23N3O2. The van der Waals surface area contributed by atoms with Gasteiger partial charge in [-0.05, 0) is 32.4 Å². The van der Waals surface area contributed by atoms with Crippen molar-refractivity contribution in [2.75, 3.05) is 6.54 Å². The smallest absolute Gasteiger partial charge is 0.249 e.